The standard InChI is InChI=1S/C27H22ClNO5S/c1-17-9-10-18(2)23(13-17)33-12-11-29-25(30)24(35-27(29)32)15-19-5-3-8-22(14-19)34-26(31)20-6-4-7-21(28)16-20/h3-10,13-16H,11-12H2,1-2H3/b24-15-. The van der Waals surface area contributed by atoms with E-state index in [4.69, 9.17) is 21.1 Å². The van der Waals surface area contributed by atoms with E-state index in [0.29, 0.717) is 26.8 Å². The van der Waals surface area contributed by atoms with Crippen molar-refractivity contribution in [3.63, 3.8) is 0 Å². The molecule has 6 nitrogen and oxygen atoms in total. The average molecular weight is 508 g/mol. The predicted molar refractivity (Wildman–Crippen MR) is 137 cm³/mol. The van der Waals surface area contributed by atoms with Gasteiger partial charge in [-0.1, -0.05) is 41.9 Å². The SMILES string of the molecule is Cc1ccc(C)c(OCCN2C(=O)S/C(=C\c3cccc(OC(=O)c4cccc(Cl)c4)c3)C2=O)c1. The first kappa shape index (κ1) is 24.6. The number of thioether (sulfide) groups is 1. The van der Waals surface area contributed by atoms with E-state index in [1.165, 1.54) is 11.0 Å². The number of aryl methyl sites for hydroxylation is 2. The van der Waals surface area contributed by atoms with Crippen molar-refractivity contribution in [2.75, 3.05) is 13.2 Å². The highest BCUT2D eigenvalue weighted by molar-refractivity contribution is 8.18. The van der Waals surface area contributed by atoms with Crippen molar-refractivity contribution in [1.29, 1.82) is 0 Å². The van der Waals surface area contributed by atoms with Crippen LogP contribution in [-0.2, 0) is 4.79 Å². The molecule has 0 N–H and O–H groups in total. The largest absolute Gasteiger partial charge is 0.491 e. The third-order valence-corrected chi connectivity index (χ3v) is 6.36. The number of carbonyl (C=O) groups excluding carboxylic acids is 3. The lowest BCUT2D eigenvalue weighted by Gasteiger charge is -2.14. The van der Waals surface area contributed by atoms with Crippen molar-refractivity contribution >= 4 is 46.6 Å². The molecule has 0 atom stereocenters. The van der Waals surface area contributed by atoms with E-state index in [-0.39, 0.29) is 24.3 Å². The predicted octanol–water partition coefficient (Wildman–Crippen LogP) is 6.29. The Morgan fingerprint density at radius 1 is 1.03 bits per heavy atom. The van der Waals surface area contributed by atoms with Crippen molar-refractivity contribution in [1.82, 2.24) is 4.90 Å². The van der Waals surface area contributed by atoms with Gasteiger partial charge in [-0.05, 0) is 84.8 Å². The third-order valence-electron chi connectivity index (χ3n) is 5.22. The molecule has 0 unspecified atom stereocenters. The number of hydrogen-bond donors (Lipinski definition) is 0. The van der Waals surface area contributed by atoms with Gasteiger partial charge in [-0.25, -0.2) is 4.79 Å². The monoisotopic (exact) mass is 507 g/mol. The summed E-state index contributed by atoms with van der Waals surface area (Å²) >= 11 is 6.80. The first-order valence-corrected chi connectivity index (χ1v) is 12.0. The minimum Gasteiger partial charge on any atom is -0.491 e. The summed E-state index contributed by atoms with van der Waals surface area (Å²) in [5, 5.41) is 0.0812. The van der Waals surface area contributed by atoms with Crippen LogP contribution in [0.25, 0.3) is 6.08 Å². The molecule has 3 aromatic carbocycles. The Morgan fingerprint density at radius 2 is 1.83 bits per heavy atom. The number of benzene rings is 3. The van der Waals surface area contributed by atoms with Gasteiger partial charge in [0.25, 0.3) is 11.1 Å². The van der Waals surface area contributed by atoms with Crippen LogP contribution in [0.15, 0.2) is 71.6 Å². The molecule has 35 heavy (non-hydrogen) atoms. The molecule has 3 aromatic rings. The first-order valence-electron chi connectivity index (χ1n) is 10.8. The van der Waals surface area contributed by atoms with E-state index in [9.17, 15) is 14.4 Å². The molecule has 8 heteroatoms. The molecular weight excluding hydrogens is 486 g/mol. The van der Waals surface area contributed by atoms with Crippen LogP contribution in [0, 0.1) is 13.8 Å². The molecule has 0 saturated carbocycles. The zero-order valence-corrected chi connectivity index (χ0v) is 20.7. The number of hydrogen-bond acceptors (Lipinski definition) is 6. The van der Waals surface area contributed by atoms with Gasteiger partial charge in [0.15, 0.2) is 0 Å². The van der Waals surface area contributed by atoms with Crippen molar-refractivity contribution < 1.29 is 23.9 Å². The number of amides is 2. The molecule has 0 spiro atoms. The lowest BCUT2D eigenvalue weighted by atomic mass is 10.1. The van der Waals surface area contributed by atoms with Crippen LogP contribution >= 0.6 is 23.4 Å². The summed E-state index contributed by atoms with van der Waals surface area (Å²) in [6.07, 6.45) is 1.60. The maximum absolute atomic E-state index is 12.8. The number of carbonyl (C=O) groups is 3. The van der Waals surface area contributed by atoms with Crippen LogP contribution in [0.1, 0.15) is 27.0 Å². The molecule has 1 saturated heterocycles. The zero-order chi connectivity index (χ0) is 24.9. The highest BCUT2D eigenvalue weighted by atomic mass is 35.5. The molecule has 0 bridgehead atoms. The van der Waals surface area contributed by atoms with Gasteiger partial charge in [0.2, 0.25) is 0 Å². The topological polar surface area (TPSA) is 72.9 Å². The maximum Gasteiger partial charge on any atom is 0.343 e. The van der Waals surface area contributed by atoms with Gasteiger partial charge < -0.3 is 9.47 Å². The summed E-state index contributed by atoms with van der Waals surface area (Å²) in [5.74, 6) is 0.112. The van der Waals surface area contributed by atoms with Crippen molar-refractivity contribution in [3.05, 3.63) is 98.9 Å². The second-order valence-electron chi connectivity index (χ2n) is 7.92. The fourth-order valence-electron chi connectivity index (χ4n) is 3.40. The van der Waals surface area contributed by atoms with Crippen LogP contribution in [0.4, 0.5) is 4.79 Å². The zero-order valence-electron chi connectivity index (χ0n) is 19.1. The summed E-state index contributed by atoms with van der Waals surface area (Å²) in [6.45, 7) is 4.26. The molecule has 4 rings (SSSR count). The molecule has 1 heterocycles. The fraction of sp³-hybridized carbons (Fsp3) is 0.148. The number of imide groups is 1. The van der Waals surface area contributed by atoms with Gasteiger partial charge in [-0.15, -0.1) is 0 Å². The smallest absolute Gasteiger partial charge is 0.343 e. The van der Waals surface area contributed by atoms with Crippen molar-refractivity contribution in [3.8, 4) is 11.5 Å². The Kier molecular flexibility index (Phi) is 7.58. The summed E-state index contributed by atoms with van der Waals surface area (Å²) in [6, 6.07) is 19.1. The Bertz CT molecular complexity index is 1340. The third kappa shape index (κ3) is 6.12. The molecule has 0 aromatic heterocycles. The second-order valence-corrected chi connectivity index (χ2v) is 9.35. The quantitative estimate of drug-likeness (QED) is 0.212. The van der Waals surface area contributed by atoms with Gasteiger partial charge in [-0.2, -0.15) is 0 Å². The summed E-state index contributed by atoms with van der Waals surface area (Å²) in [4.78, 5) is 39.1. The van der Waals surface area contributed by atoms with Crippen LogP contribution in [0.2, 0.25) is 5.02 Å². The van der Waals surface area contributed by atoms with E-state index in [1.54, 1.807) is 48.5 Å². The van der Waals surface area contributed by atoms with Crippen molar-refractivity contribution in [2.24, 2.45) is 0 Å². The Labute approximate surface area is 212 Å². The Hall–Kier alpha value is -3.55. The molecule has 1 fully saturated rings. The van der Waals surface area contributed by atoms with Gasteiger partial charge in [-0.3, -0.25) is 14.5 Å². The normalized spacial score (nSPS) is 14.5. The van der Waals surface area contributed by atoms with Crippen molar-refractivity contribution in [2.45, 2.75) is 13.8 Å². The van der Waals surface area contributed by atoms with Gasteiger partial charge >= 0.3 is 5.97 Å². The molecule has 1 aliphatic rings. The summed E-state index contributed by atoms with van der Waals surface area (Å²) < 4.78 is 11.2. The van der Waals surface area contributed by atoms with Crippen LogP contribution in [0.5, 0.6) is 11.5 Å². The highest BCUT2D eigenvalue weighted by Gasteiger charge is 2.34. The summed E-state index contributed by atoms with van der Waals surface area (Å²) in [7, 11) is 0. The number of nitrogens with zero attached hydrogens (tertiary/aromatic N) is 1. The maximum atomic E-state index is 12.8. The molecule has 1 aliphatic heterocycles. The molecule has 178 valence electrons. The molecule has 0 aliphatic carbocycles. The fourth-order valence-corrected chi connectivity index (χ4v) is 4.46. The highest BCUT2D eigenvalue weighted by Crippen LogP contribution is 2.32. The van der Waals surface area contributed by atoms with E-state index < -0.39 is 5.97 Å². The van der Waals surface area contributed by atoms with Gasteiger partial charge in [0, 0.05) is 5.02 Å². The van der Waals surface area contributed by atoms with E-state index in [1.807, 2.05) is 32.0 Å². The number of esters is 1. The van der Waals surface area contributed by atoms with Crippen LogP contribution in [-0.4, -0.2) is 35.2 Å². The van der Waals surface area contributed by atoms with Gasteiger partial charge in [0.05, 0.1) is 17.0 Å². The number of halogens is 1. The summed E-state index contributed by atoms with van der Waals surface area (Å²) in [5.41, 5.74) is 3.01. The minimum absolute atomic E-state index is 0.146. The lowest BCUT2D eigenvalue weighted by molar-refractivity contribution is -0.123. The second kappa shape index (κ2) is 10.8. The van der Waals surface area contributed by atoms with Gasteiger partial charge in [0.1, 0.15) is 18.1 Å². The minimum atomic E-state index is -0.547. The van der Waals surface area contributed by atoms with Crippen LogP contribution in [0.3, 0.4) is 0 Å². The molecule has 2 amide bonds. The molecular formula is C27H22ClNO5S. The van der Waals surface area contributed by atoms with E-state index in [2.05, 4.69) is 0 Å². The Morgan fingerprint density at radius 3 is 2.63 bits per heavy atom. The number of rotatable bonds is 7. The van der Waals surface area contributed by atoms with E-state index >= 15 is 0 Å². The average Bonchev–Trinajstić information content (AvgIpc) is 3.08. The van der Waals surface area contributed by atoms with Crippen LogP contribution < -0.4 is 9.47 Å². The number of ether oxygens (including phenoxy) is 2. The Balaban J connectivity index is 1.40. The lowest BCUT2D eigenvalue weighted by Crippen LogP contribution is -2.32. The molecule has 0 radical (unpaired) electrons. The first-order chi connectivity index (χ1) is 16.8. The van der Waals surface area contributed by atoms with E-state index in [0.717, 1.165) is 28.6 Å².